The van der Waals surface area contributed by atoms with E-state index in [0.29, 0.717) is 6.42 Å². The Kier molecular flexibility index (Phi) is 5.28. The molecule has 0 radical (unpaired) electrons. The molecule has 3 nitrogen and oxygen atoms in total. The second-order valence-electron chi connectivity index (χ2n) is 3.38. The number of halogens is 1. The van der Waals surface area contributed by atoms with E-state index >= 15 is 0 Å². The van der Waals surface area contributed by atoms with E-state index in [4.69, 9.17) is 10.8 Å². The van der Waals surface area contributed by atoms with Gasteiger partial charge < -0.3 is 10.8 Å². The summed E-state index contributed by atoms with van der Waals surface area (Å²) in [6.07, 6.45) is 2.63. The average Bonchev–Trinajstić information content (AvgIpc) is 2.58. The van der Waals surface area contributed by atoms with Crippen molar-refractivity contribution in [3.05, 3.63) is 20.8 Å². The predicted molar refractivity (Wildman–Crippen MR) is 65.1 cm³/mol. The van der Waals surface area contributed by atoms with Crippen molar-refractivity contribution in [3.63, 3.8) is 0 Å². The van der Waals surface area contributed by atoms with Gasteiger partial charge in [0.25, 0.3) is 0 Å². The summed E-state index contributed by atoms with van der Waals surface area (Å²) in [5.41, 5.74) is 5.99. The minimum absolute atomic E-state index is 0.0215. The van der Waals surface area contributed by atoms with Crippen LogP contribution in [0.4, 0.5) is 0 Å². The summed E-state index contributed by atoms with van der Waals surface area (Å²) in [7, 11) is 0. The van der Waals surface area contributed by atoms with E-state index in [1.807, 2.05) is 11.4 Å². The van der Waals surface area contributed by atoms with Gasteiger partial charge in [0.2, 0.25) is 0 Å². The van der Waals surface area contributed by atoms with E-state index in [0.717, 1.165) is 22.2 Å². The first-order chi connectivity index (χ1) is 7.11. The Morgan fingerprint density at radius 3 is 2.87 bits per heavy atom. The number of aliphatic carboxylic acids is 1. The van der Waals surface area contributed by atoms with Gasteiger partial charge in [-0.2, -0.15) is 0 Å². The molecule has 1 heterocycles. The molecule has 3 N–H and O–H groups in total. The molecule has 0 fully saturated rings. The molecule has 0 saturated heterocycles. The van der Waals surface area contributed by atoms with E-state index in [9.17, 15) is 4.79 Å². The van der Waals surface area contributed by atoms with Crippen LogP contribution in [0.5, 0.6) is 0 Å². The smallest absolute Gasteiger partial charge is 0.303 e. The molecular weight excluding hydrogens is 278 g/mol. The van der Waals surface area contributed by atoms with Crippen molar-refractivity contribution in [2.45, 2.75) is 31.7 Å². The van der Waals surface area contributed by atoms with E-state index in [1.54, 1.807) is 11.3 Å². The van der Waals surface area contributed by atoms with Gasteiger partial charge in [-0.1, -0.05) is 6.42 Å². The summed E-state index contributed by atoms with van der Waals surface area (Å²) in [5, 5.41) is 10.5. The highest BCUT2D eigenvalue weighted by molar-refractivity contribution is 9.10. The molecule has 1 rings (SSSR count). The van der Waals surface area contributed by atoms with Gasteiger partial charge in [0.15, 0.2) is 0 Å². The van der Waals surface area contributed by atoms with Crippen LogP contribution in [0.3, 0.4) is 0 Å². The van der Waals surface area contributed by atoms with Crippen LogP contribution in [0.1, 0.15) is 36.6 Å². The second kappa shape index (κ2) is 6.25. The van der Waals surface area contributed by atoms with Crippen molar-refractivity contribution >= 4 is 33.2 Å². The van der Waals surface area contributed by atoms with Gasteiger partial charge in [-0.15, -0.1) is 11.3 Å². The Balaban J connectivity index is 2.28. The molecule has 5 heteroatoms. The zero-order valence-corrected chi connectivity index (χ0v) is 10.7. The van der Waals surface area contributed by atoms with E-state index in [-0.39, 0.29) is 12.5 Å². The molecule has 15 heavy (non-hydrogen) atoms. The molecule has 0 aliphatic rings. The lowest BCUT2D eigenvalue weighted by Crippen LogP contribution is -2.09. The van der Waals surface area contributed by atoms with Gasteiger partial charge in [-0.25, -0.2) is 0 Å². The van der Waals surface area contributed by atoms with Crippen LogP contribution < -0.4 is 5.73 Å². The Hall–Kier alpha value is -0.390. The summed E-state index contributed by atoms with van der Waals surface area (Å²) < 4.78 is 1.05. The van der Waals surface area contributed by atoms with Crippen LogP contribution in [-0.2, 0) is 4.79 Å². The van der Waals surface area contributed by atoms with Crippen molar-refractivity contribution < 1.29 is 9.90 Å². The van der Waals surface area contributed by atoms with Crippen LogP contribution >= 0.6 is 27.3 Å². The largest absolute Gasteiger partial charge is 0.481 e. The molecule has 1 aromatic heterocycles. The molecule has 0 aliphatic heterocycles. The standard InChI is InChI=1S/C10H14BrNO2S/c11-7-5-6-15-10(7)8(12)3-1-2-4-9(13)14/h5-6,8H,1-4,12H2,(H,13,14). The summed E-state index contributed by atoms with van der Waals surface area (Å²) in [5.74, 6) is -0.735. The lowest BCUT2D eigenvalue weighted by molar-refractivity contribution is -0.137. The Morgan fingerprint density at radius 2 is 2.33 bits per heavy atom. The van der Waals surface area contributed by atoms with Gasteiger partial charge in [0.1, 0.15) is 0 Å². The molecule has 1 atom stereocenters. The van der Waals surface area contributed by atoms with Crippen molar-refractivity contribution in [1.82, 2.24) is 0 Å². The third-order valence-electron chi connectivity index (χ3n) is 2.14. The summed E-state index contributed by atoms with van der Waals surface area (Å²) >= 11 is 5.07. The van der Waals surface area contributed by atoms with Gasteiger partial charge >= 0.3 is 5.97 Å². The minimum Gasteiger partial charge on any atom is -0.481 e. The maximum atomic E-state index is 10.3. The molecule has 0 amide bonds. The van der Waals surface area contributed by atoms with Gasteiger partial charge in [-0.05, 0) is 40.2 Å². The minimum atomic E-state index is -0.735. The number of carboxylic acid groups (broad SMARTS) is 1. The normalized spacial score (nSPS) is 12.7. The highest BCUT2D eigenvalue weighted by Crippen LogP contribution is 2.30. The highest BCUT2D eigenvalue weighted by Gasteiger charge is 2.10. The number of rotatable bonds is 6. The zero-order chi connectivity index (χ0) is 11.3. The molecule has 0 aromatic carbocycles. The van der Waals surface area contributed by atoms with Crippen LogP contribution in [0.15, 0.2) is 15.9 Å². The zero-order valence-electron chi connectivity index (χ0n) is 8.28. The van der Waals surface area contributed by atoms with E-state index in [2.05, 4.69) is 15.9 Å². The summed E-state index contributed by atoms with van der Waals surface area (Å²) in [6, 6.07) is 2.00. The van der Waals surface area contributed by atoms with Crippen molar-refractivity contribution in [1.29, 1.82) is 0 Å². The number of nitrogens with two attached hydrogens (primary N) is 1. The number of hydrogen-bond donors (Lipinski definition) is 2. The van der Waals surface area contributed by atoms with Crippen LogP contribution in [0.2, 0.25) is 0 Å². The number of unbranched alkanes of at least 4 members (excludes halogenated alkanes) is 1. The molecule has 1 unspecified atom stereocenters. The molecule has 84 valence electrons. The van der Waals surface area contributed by atoms with Crippen molar-refractivity contribution in [2.75, 3.05) is 0 Å². The Morgan fingerprint density at radius 1 is 1.60 bits per heavy atom. The van der Waals surface area contributed by atoms with Crippen LogP contribution in [0, 0.1) is 0 Å². The quantitative estimate of drug-likeness (QED) is 0.792. The van der Waals surface area contributed by atoms with E-state index < -0.39 is 5.97 Å². The average molecular weight is 292 g/mol. The number of hydrogen-bond acceptors (Lipinski definition) is 3. The molecule has 0 saturated carbocycles. The molecule has 1 aromatic rings. The topological polar surface area (TPSA) is 63.3 Å². The van der Waals surface area contributed by atoms with Gasteiger partial charge in [0.05, 0.1) is 0 Å². The monoisotopic (exact) mass is 291 g/mol. The van der Waals surface area contributed by atoms with Gasteiger partial charge in [0, 0.05) is 21.8 Å². The first kappa shape index (κ1) is 12.7. The fraction of sp³-hybridized carbons (Fsp3) is 0.500. The molecule has 0 aliphatic carbocycles. The highest BCUT2D eigenvalue weighted by atomic mass is 79.9. The SMILES string of the molecule is NC(CCCCC(=O)O)c1sccc1Br. The lowest BCUT2D eigenvalue weighted by atomic mass is 10.1. The number of carboxylic acids is 1. The second-order valence-corrected chi connectivity index (χ2v) is 5.18. The predicted octanol–water partition coefficient (Wildman–Crippen LogP) is 3.16. The Labute approximate surface area is 101 Å². The third-order valence-corrected chi connectivity index (χ3v) is 4.14. The lowest BCUT2D eigenvalue weighted by Gasteiger charge is -2.09. The molecule has 0 spiro atoms. The Bertz CT molecular complexity index is 327. The fourth-order valence-electron chi connectivity index (χ4n) is 1.34. The number of thiophene rings is 1. The van der Waals surface area contributed by atoms with E-state index in [1.165, 1.54) is 0 Å². The van der Waals surface area contributed by atoms with Crippen LogP contribution in [-0.4, -0.2) is 11.1 Å². The molecule has 0 bridgehead atoms. The fourth-order valence-corrected chi connectivity index (χ4v) is 3.05. The summed E-state index contributed by atoms with van der Waals surface area (Å²) in [6.45, 7) is 0. The molecular formula is C10H14BrNO2S. The first-order valence-corrected chi connectivity index (χ1v) is 6.49. The van der Waals surface area contributed by atoms with Crippen molar-refractivity contribution in [3.8, 4) is 0 Å². The van der Waals surface area contributed by atoms with Gasteiger partial charge in [-0.3, -0.25) is 4.79 Å². The third kappa shape index (κ3) is 4.32. The number of carbonyl (C=O) groups is 1. The van der Waals surface area contributed by atoms with Crippen molar-refractivity contribution in [2.24, 2.45) is 5.73 Å². The maximum Gasteiger partial charge on any atom is 0.303 e. The maximum absolute atomic E-state index is 10.3. The summed E-state index contributed by atoms with van der Waals surface area (Å²) in [4.78, 5) is 11.4. The first-order valence-electron chi connectivity index (χ1n) is 4.81. The van der Waals surface area contributed by atoms with Crippen LogP contribution in [0.25, 0.3) is 0 Å².